The largest absolute Gasteiger partial charge is 0.497 e. The van der Waals surface area contributed by atoms with Gasteiger partial charge >= 0.3 is 0 Å². The minimum absolute atomic E-state index is 0.791. The van der Waals surface area contributed by atoms with E-state index >= 15 is 0 Å². The summed E-state index contributed by atoms with van der Waals surface area (Å²) in [6.07, 6.45) is 0. The third-order valence-corrected chi connectivity index (χ3v) is 4.68. The van der Waals surface area contributed by atoms with E-state index in [-0.39, 0.29) is 0 Å². The molecule has 3 rings (SSSR count). The van der Waals surface area contributed by atoms with Gasteiger partial charge in [0.1, 0.15) is 11.5 Å². The van der Waals surface area contributed by atoms with E-state index < -0.39 is 0 Å². The first-order valence-electron chi connectivity index (χ1n) is 8.72. The molecule has 0 unspecified atom stereocenters. The van der Waals surface area contributed by atoms with Crippen LogP contribution in [0.1, 0.15) is 16.7 Å². The smallest absolute Gasteiger partial charge is 0.119 e. The average molecular weight is 347 g/mol. The van der Waals surface area contributed by atoms with Crippen LogP contribution in [0.25, 0.3) is 0 Å². The number of rotatable bonds is 6. The van der Waals surface area contributed by atoms with Crippen molar-refractivity contribution in [2.45, 2.75) is 20.4 Å². The number of nitrogens with zero attached hydrogens (tertiary/aromatic N) is 1. The molecule has 3 heteroatoms. The van der Waals surface area contributed by atoms with E-state index in [1.54, 1.807) is 14.2 Å². The molecule has 0 N–H and O–H groups in total. The molecule has 0 saturated heterocycles. The Balaban J connectivity index is 1.97. The van der Waals surface area contributed by atoms with Crippen LogP contribution in [0.5, 0.6) is 11.5 Å². The fourth-order valence-corrected chi connectivity index (χ4v) is 2.94. The van der Waals surface area contributed by atoms with Crippen molar-refractivity contribution < 1.29 is 9.47 Å². The Morgan fingerprint density at radius 2 is 1.15 bits per heavy atom. The van der Waals surface area contributed by atoms with Gasteiger partial charge in [0, 0.05) is 17.9 Å². The van der Waals surface area contributed by atoms with Gasteiger partial charge in [-0.25, -0.2) is 0 Å². The number of hydrogen-bond acceptors (Lipinski definition) is 3. The van der Waals surface area contributed by atoms with E-state index in [0.29, 0.717) is 0 Å². The Morgan fingerprint density at radius 1 is 0.654 bits per heavy atom. The third-order valence-electron chi connectivity index (χ3n) is 4.68. The maximum absolute atomic E-state index is 5.30. The summed E-state index contributed by atoms with van der Waals surface area (Å²) in [5.41, 5.74) is 6.14. The molecule has 26 heavy (non-hydrogen) atoms. The molecule has 0 atom stereocenters. The predicted octanol–water partition coefficient (Wildman–Crippen LogP) is 5.66. The van der Waals surface area contributed by atoms with Gasteiger partial charge in [-0.15, -0.1) is 0 Å². The molecule has 3 aromatic carbocycles. The number of aryl methyl sites for hydroxylation is 2. The number of anilines is 2. The van der Waals surface area contributed by atoms with Crippen LogP contribution in [0.15, 0.2) is 66.7 Å². The van der Waals surface area contributed by atoms with Crippen molar-refractivity contribution in [3.8, 4) is 11.5 Å². The van der Waals surface area contributed by atoms with Crippen molar-refractivity contribution in [2.24, 2.45) is 0 Å². The van der Waals surface area contributed by atoms with Crippen LogP contribution in [0.2, 0.25) is 0 Å². The first-order chi connectivity index (χ1) is 12.6. The van der Waals surface area contributed by atoms with Gasteiger partial charge in [0.25, 0.3) is 0 Å². The second kappa shape index (κ2) is 7.96. The average Bonchev–Trinajstić information content (AvgIpc) is 2.69. The molecule has 0 radical (unpaired) electrons. The molecule has 0 bridgehead atoms. The van der Waals surface area contributed by atoms with E-state index in [9.17, 15) is 0 Å². The minimum atomic E-state index is 0.791. The van der Waals surface area contributed by atoms with Gasteiger partial charge in [0.2, 0.25) is 0 Å². The maximum atomic E-state index is 5.30. The molecule has 0 spiro atoms. The summed E-state index contributed by atoms with van der Waals surface area (Å²) >= 11 is 0. The summed E-state index contributed by atoms with van der Waals surface area (Å²) < 4.78 is 10.6. The Hall–Kier alpha value is -2.94. The molecule has 0 amide bonds. The Labute approximate surface area is 155 Å². The van der Waals surface area contributed by atoms with E-state index in [2.05, 4.69) is 61.2 Å². The molecular formula is C23H25NO2. The highest BCUT2D eigenvalue weighted by Gasteiger charge is 2.11. The highest BCUT2D eigenvalue weighted by atomic mass is 16.5. The number of hydrogen-bond donors (Lipinski definition) is 0. The second-order valence-electron chi connectivity index (χ2n) is 6.40. The quantitative estimate of drug-likeness (QED) is 0.574. The predicted molar refractivity (Wildman–Crippen MR) is 108 cm³/mol. The third kappa shape index (κ3) is 3.99. The number of ether oxygens (including phenoxy) is 2. The van der Waals surface area contributed by atoms with Crippen LogP contribution < -0.4 is 14.4 Å². The van der Waals surface area contributed by atoms with Crippen molar-refractivity contribution in [2.75, 3.05) is 19.1 Å². The van der Waals surface area contributed by atoms with Crippen LogP contribution in [0.3, 0.4) is 0 Å². The summed E-state index contributed by atoms with van der Waals surface area (Å²) in [4.78, 5) is 2.29. The van der Waals surface area contributed by atoms with E-state index in [0.717, 1.165) is 29.4 Å². The molecule has 0 fully saturated rings. The molecule has 0 aromatic heterocycles. The van der Waals surface area contributed by atoms with Crippen molar-refractivity contribution in [1.82, 2.24) is 0 Å². The molecule has 0 heterocycles. The molecule has 0 aliphatic carbocycles. The SMILES string of the molecule is COc1ccc(N(Cc2ccc(C)c(C)c2)c2ccc(OC)cc2)cc1. The van der Waals surface area contributed by atoms with Gasteiger partial charge in [-0.1, -0.05) is 18.2 Å². The summed E-state index contributed by atoms with van der Waals surface area (Å²) in [5, 5.41) is 0. The Kier molecular flexibility index (Phi) is 5.47. The maximum Gasteiger partial charge on any atom is 0.119 e. The lowest BCUT2D eigenvalue weighted by Crippen LogP contribution is -2.16. The first-order valence-corrected chi connectivity index (χ1v) is 8.72. The summed E-state index contributed by atoms with van der Waals surface area (Å²) in [7, 11) is 3.37. The standard InChI is InChI=1S/C23H25NO2/c1-17-5-6-19(15-18(17)2)16-24(20-7-11-22(25-3)12-8-20)21-9-13-23(26-4)14-10-21/h5-15H,16H2,1-4H3. The van der Waals surface area contributed by atoms with E-state index in [1.807, 2.05) is 24.3 Å². The van der Waals surface area contributed by atoms with E-state index in [1.165, 1.54) is 16.7 Å². The van der Waals surface area contributed by atoms with Crippen molar-refractivity contribution in [1.29, 1.82) is 0 Å². The van der Waals surface area contributed by atoms with Crippen LogP contribution in [0, 0.1) is 13.8 Å². The van der Waals surface area contributed by atoms with Crippen LogP contribution in [0.4, 0.5) is 11.4 Å². The molecular weight excluding hydrogens is 322 g/mol. The molecule has 3 nitrogen and oxygen atoms in total. The molecule has 134 valence electrons. The number of methoxy groups -OCH3 is 2. The number of benzene rings is 3. The van der Waals surface area contributed by atoms with Crippen molar-refractivity contribution in [3.05, 3.63) is 83.4 Å². The fourth-order valence-electron chi connectivity index (χ4n) is 2.94. The van der Waals surface area contributed by atoms with Crippen molar-refractivity contribution in [3.63, 3.8) is 0 Å². The second-order valence-corrected chi connectivity index (χ2v) is 6.40. The normalized spacial score (nSPS) is 10.5. The highest BCUT2D eigenvalue weighted by Crippen LogP contribution is 2.30. The van der Waals surface area contributed by atoms with Crippen LogP contribution in [-0.2, 0) is 6.54 Å². The molecule has 3 aromatic rings. The summed E-state index contributed by atoms with van der Waals surface area (Å²) in [5.74, 6) is 1.71. The van der Waals surface area contributed by atoms with Gasteiger partial charge in [0.05, 0.1) is 14.2 Å². The molecule has 0 aliphatic rings. The summed E-state index contributed by atoms with van der Waals surface area (Å²) in [6.45, 7) is 5.09. The zero-order chi connectivity index (χ0) is 18.5. The van der Waals surface area contributed by atoms with Gasteiger partial charge in [0.15, 0.2) is 0 Å². The Bertz CT molecular complexity index is 807. The van der Waals surface area contributed by atoms with Gasteiger partial charge in [-0.05, 0) is 79.1 Å². The van der Waals surface area contributed by atoms with Gasteiger partial charge in [-0.2, -0.15) is 0 Å². The van der Waals surface area contributed by atoms with Crippen LogP contribution in [-0.4, -0.2) is 14.2 Å². The lowest BCUT2D eigenvalue weighted by atomic mass is 10.1. The molecule has 0 aliphatic heterocycles. The zero-order valence-corrected chi connectivity index (χ0v) is 15.8. The lowest BCUT2D eigenvalue weighted by Gasteiger charge is -2.26. The van der Waals surface area contributed by atoms with Gasteiger partial charge in [-0.3, -0.25) is 0 Å². The van der Waals surface area contributed by atoms with E-state index in [4.69, 9.17) is 9.47 Å². The lowest BCUT2D eigenvalue weighted by molar-refractivity contribution is 0.415. The molecule has 0 saturated carbocycles. The van der Waals surface area contributed by atoms with Crippen LogP contribution >= 0.6 is 0 Å². The highest BCUT2D eigenvalue weighted by molar-refractivity contribution is 5.65. The van der Waals surface area contributed by atoms with Gasteiger partial charge < -0.3 is 14.4 Å². The van der Waals surface area contributed by atoms with Crippen molar-refractivity contribution >= 4 is 11.4 Å². The first kappa shape index (κ1) is 17.9. The Morgan fingerprint density at radius 3 is 1.58 bits per heavy atom. The zero-order valence-electron chi connectivity index (χ0n) is 15.8. The summed E-state index contributed by atoms with van der Waals surface area (Å²) in [6, 6.07) is 23.0. The topological polar surface area (TPSA) is 21.7 Å². The fraction of sp³-hybridized carbons (Fsp3) is 0.217. The monoisotopic (exact) mass is 347 g/mol. The minimum Gasteiger partial charge on any atom is -0.497 e.